The normalized spacial score (nSPS) is 12.7. The average Bonchev–Trinajstić information content (AvgIpc) is 2.84. The molecule has 6 heteroatoms. The van der Waals surface area contributed by atoms with Gasteiger partial charge in [-0.3, -0.25) is 4.40 Å². The Kier molecular flexibility index (Phi) is 3.66. The molecule has 102 valence electrons. The molecule has 0 fully saturated rings. The van der Waals surface area contributed by atoms with Gasteiger partial charge in [0.1, 0.15) is 5.03 Å². The average molecular weight is 285 g/mol. The molecular weight excluding hydrogens is 270 g/mol. The Bertz CT molecular complexity index is 722. The van der Waals surface area contributed by atoms with E-state index in [9.17, 15) is 0 Å². The van der Waals surface area contributed by atoms with Crippen molar-refractivity contribution >= 4 is 17.4 Å². The van der Waals surface area contributed by atoms with Crippen LogP contribution in [0.1, 0.15) is 12.5 Å². The predicted molar refractivity (Wildman–Crippen MR) is 78.7 cm³/mol. The van der Waals surface area contributed by atoms with Crippen LogP contribution in [0.15, 0.2) is 52.9 Å². The van der Waals surface area contributed by atoms with E-state index in [0.29, 0.717) is 0 Å². The number of rotatable bonds is 4. The Morgan fingerprint density at radius 1 is 1.25 bits per heavy atom. The maximum absolute atomic E-state index is 5.89. The molecule has 1 unspecified atom stereocenters. The number of hydrogen-bond donors (Lipinski definition) is 1. The molecule has 2 N–H and O–H groups in total. The first-order valence-corrected chi connectivity index (χ1v) is 7.23. The highest BCUT2D eigenvalue weighted by atomic mass is 32.2. The highest BCUT2D eigenvalue weighted by molar-refractivity contribution is 7.99. The molecule has 0 amide bonds. The maximum atomic E-state index is 5.89. The monoisotopic (exact) mass is 285 g/mol. The molecule has 1 atom stereocenters. The summed E-state index contributed by atoms with van der Waals surface area (Å²) in [7, 11) is 0. The van der Waals surface area contributed by atoms with Gasteiger partial charge in [0.15, 0.2) is 5.65 Å². The lowest BCUT2D eigenvalue weighted by atomic mass is 10.1. The van der Waals surface area contributed by atoms with E-state index in [4.69, 9.17) is 5.73 Å². The molecule has 0 aliphatic heterocycles. The number of fused-ring (bicyclic) bond motifs is 1. The van der Waals surface area contributed by atoms with Crippen LogP contribution >= 0.6 is 11.8 Å². The van der Waals surface area contributed by atoms with Crippen LogP contribution in [0.25, 0.3) is 5.65 Å². The molecule has 0 aliphatic carbocycles. The number of pyridine rings is 2. The maximum Gasteiger partial charge on any atom is 0.201 e. The Morgan fingerprint density at radius 2 is 2.15 bits per heavy atom. The summed E-state index contributed by atoms with van der Waals surface area (Å²) in [6.07, 6.45) is 4.54. The second-order valence-electron chi connectivity index (χ2n) is 4.66. The third-order valence-corrected chi connectivity index (χ3v) is 3.88. The van der Waals surface area contributed by atoms with Crippen molar-refractivity contribution in [2.24, 2.45) is 5.73 Å². The fourth-order valence-corrected chi connectivity index (χ4v) is 2.90. The van der Waals surface area contributed by atoms with Crippen molar-refractivity contribution in [3.8, 4) is 0 Å². The molecule has 3 heterocycles. The minimum absolute atomic E-state index is 0.105. The molecule has 0 aromatic carbocycles. The van der Waals surface area contributed by atoms with E-state index in [2.05, 4.69) is 21.2 Å². The van der Waals surface area contributed by atoms with Gasteiger partial charge in [-0.05, 0) is 48.9 Å². The summed E-state index contributed by atoms with van der Waals surface area (Å²) in [5, 5.41) is 10.1. The third kappa shape index (κ3) is 2.66. The first kappa shape index (κ1) is 13.1. The second kappa shape index (κ2) is 5.60. The first-order chi connectivity index (χ1) is 9.74. The summed E-state index contributed by atoms with van der Waals surface area (Å²) in [5.74, 6) is 0. The van der Waals surface area contributed by atoms with Crippen molar-refractivity contribution in [3.05, 3.63) is 48.3 Å². The highest BCUT2D eigenvalue weighted by Crippen LogP contribution is 2.27. The van der Waals surface area contributed by atoms with E-state index < -0.39 is 0 Å². The number of nitrogens with zero attached hydrogens (tertiary/aromatic N) is 4. The third-order valence-electron chi connectivity index (χ3n) is 2.86. The van der Waals surface area contributed by atoms with Gasteiger partial charge in [0.25, 0.3) is 0 Å². The summed E-state index contributed by atoms with van der Waals surface area (Å²) in [4.78, 5) is 4.44. The van der Waals surface area contributed by atoms with Crippen LogP contribution in [0.4, 0.5) is 0 Å². The Morgan fingerprint density at radius 3 is 3.00 bits per heavy atom. The van der Waals surface area contributed by atoms with Gasteiger partial charge in [0.2, 0.25) is 5.16 Å². The SMILES string of the molecule is CC(N)Cc1cccnc1Sc1nnc2ccccn12. The lowest BCUT2D eigenvalue weighted by molar-refractivity contribution is 0.722. The van der Waals surface area contributed by atoms with Gasteiger partial charge < -0.3 is 5.73 Å². The van der Waals surface area contributed by atoms with Crippen LogP contribution in [-0.2, 0) is 6.42 Å². The first-order valence-electron chi connectivity index (χ1n) is 6.41. The molecule has 0 saturated carbocycles. The van der Waals surface area contributed by atoms with Gasteiger partial charge in [-0.2, -0.15) is 0 Å². The summed E-state index contributed by atoms with van der Waals surface area (Å²) in [6, 6.07) is 9.93. The molecular formula is C14H15N5S. The standard InChI is InChI=1S/C14H15N5S/c1-10(15)9-11-5-4-7-16-13(11)20-14-18-17-12-6-2-3-8-19(12)14/h2-8,10H,9,15H2,1H3. The molecule has 0 bridgehead atoms. The minimum Gasteiger partial charge on any atom is -0.328 e. The van der Waals surface area contributed by atoms with Gasteiger partial charge >= 0.3 is 0 Å². The molecule has 3 rings (SSSR count). The van der Waals surface area contributed by atoms with Crippen LogP contribution in [0, 0.1) is 0 Å². The van der Waals surface area contributed by atoms with Gasteiger partial charge in [-0.15, -0.1) is 10.2 Å². The fourth-order valence-electron chi connectivity index (χ4n) is 1.99. The smallest absolute Gasteiger partial charge is 0.201 e. The topological polar surface area (TPSA) is 69.1 Å². The molecule has 0 spiro atoms. The Balaban J connectivity index is 1.95. The van der Waals surface area contributed by atoms with Gasteiger partial charge in [0.05, 0.1) is 0 Å². The second-order valence-corrected chi connectivity index (χ2v) is 5.62. The van der Waals surface area contributed by atoms with E-state index in [1.807, 2.05) is 41.8 Å². The summed E-state index contributed by atoms with van der Waals surface area (Å²) < 4.78 is 1.95. The van der Waals surface area contributed by atoms with Crippen molar-refractivity contribution < 1.29 is 0 Å². The van der Waals surface area contributed by atoms with Crippen molar-refractivity contribution in [1.29, 1.82) is 0 Å². The fraction of sp³-hybridized carbons (Fsp3) is 0.214. The Hall–Kier alpha value is -1.92. The van der Waals surface area contributed by atoms with Crippen LogP contribution in [0.5, 0.6) is 0 Å². The zero-order valence-electron chi connectivity index (χ0n) is 11.1. The van der Waals surface area contributed by atoms with Crippen molar-refractivity contribution in [2.45, 2.75) is 29.6 Å². The van der Waals surface area contributed by atoms with Gasteiger partial charge in [-0.1, -0.05) is 12.1 Å². The molecule has 3 aromatic rings. The summed E-state index contributed by atoms with van der Waals surface area (Å²) in [6.45, 7) is 1.99. The summed E-state index contributed by atoms with van der Waals surface area (Å²) in [5.41, 5.74) is 7.86. The van der Waals surface area contributed by atoms with Crippen molar-refractivity contribution in [1.82, 2.24) is 19.6 Å². The van der Waals surface area contributed by atoms with E-state index in [-0.39, 0.29) is 6.04 Å². The number of hydrogen-bond acceptors (Lipinski definition) is 5. The van der Waals surface area contributed by atoms with E-state index in [1.54, 1.807) is 6.20 Å². The van der Waals surface area contributed by atoms with E-state index >= 15 is 0 Å². The molecule has 3 aromatic heterocycles. The Labute approximate surface area is 121 Å². The molecule has 20 heavy (non-hydrogen) atoms. The number of nitrogens with two attached hydrogens (primary N) is 1. The lowest BCUT2D eigenvalue weighted by Crippen LogP contribution is -2.18. The zero-order valence-corrected chi connectivity index (χ0v) is 11.9. The van der Waals surface area contributed by atoms with Crippen molar-refractivity contribution in [3.63, 3.8) is 0 Å². The van der Waals surface area contributed by atoms with Crippen LogP contribution in [-0.4, -0.2) is 25.6 Å². The quantitative estimate of drug-likeness (QED) is 0.795. The van der Waals surface area contributed by atoms with Gasteiger partial charge in [-0.25, -0.2) is 4.98 Å². The zero-order chi connectivity index (χ0) is 13.9. The van der Waals surface area contributed by atoms with Crippen molar-refractivity contribution in [2.75, 3.05) is 0 Å². The molecule has 0 aliphatic rings. The predicted octanol–water partition coefficient (Wildman–Crippen LogP) is 2.17. The molecule has 5 nitrogen and oxygen atoms in total. The lowest BCUT2D eigenvalue weighted by Gasteiger charge is -2.09. The minimum atomic E-state index is 0.105. The van der Waals surface area contributed by atoms with Crippen LogP contribution < -0.4 is 5.73 Å². The van der Waals surface area contributed by atoms with E-state index in [0.717, 1.165) is 27.8 Å². The van der Waals surface area contributed by atoms with Crippen LogP contribution in [0.3, 0.4) is 0 Å². The number of aromatic nitrogens is 4. The highest BCUT2D eigenvalue weighted by Gasteiger charge is 2.11. The van der Waals surface area contributed by atoms with Crippen LogP contribution in [0.2, 0.25) is 0 Å². The van der Waals surface area contributed by atoms with Gasteiger partial charge in [0, 0.05) is 18.4 Å². The molecule has 0 radical (unpaired) electrons. The largest absolute Gasteiger partial charge is 0.328 e. The summed E-state index contributed by atoms with van der Waals surface area (Å²) >= 11 is 1.52. The molecule has 0 saturated heterocycles. The van der Waals surface area contributed by atoms with E-state index in [1.165, 1.54) is 11.8 Å².